The van der Waals surface area contributed by atoms with E-state index in [1.807, 2.05) is 72.8 Å². The molecular formula is C28H26Cl3N5O2. The molecule has 0 bridgehead atoms. The topological polar surface area (TPSA) is 82.6 Å². The summed E-state index contributed by atoms with van der Waals surface area (Å²) in [6.07, 6.45) is 1.58. The average Bonchev–Trinajstić information content (AvgIpc) is 3.44. The molecule has 0 aliphatic rings. The molecule has 0 radical (unpaired) electrons. The number of ether oxygens (including phenoxy) is 1. The lowest BCUT2D eigenvalue weighted by Crippen LogP contribution is -2.27. The van der Waals surface area contributed by atoms with E-state index in [4.69, 9.17) is 39.5 Å². The third kappa shape index (κ3) is 7.51. The number of H-pyrrole nitrogens is 1. The van der Waals surface area contributed by atoms with Gasteiger partial charge in [-0.15, -0.1) is 23.2 Å². The molecule has 1 heterocycles. The number of alkyl halides is 2. The zero-order valence-corrected chi connectivity index (χ0v) is 22.7. The number of aromatic amines is 1. The summed E-state index contributed by atoms with van der Waals surface area (Å²) in [4.78, 5) is 14.6. The van der Waals surface area contributed by atoms with Crippen molar-refractivity contribution in [1.82, 2.24) is 15.6 Å². The Balaban J connectivity index is 1.30. The number of hydrazone groups is 1. The number of halogens is 3. The number of amides is 1. The van der Waals surface area contributed by atoms with Gasteiger partial charge >= 0.3 is 0 Å². The smallest absolute Gasteiger partial charge is 0.289 e. The highest BCUT2D eigenvalue weighted by molar-refractivity contribution is 6.31. The van der Waals surface area contributed by atoms with Crippen molar-refractivity contribution in [2.75, 3.05) is 29.7 Å². The molecule has 10 heteroatoms. The molecule has 0 aliphatic carbocycles. The van der Waals surface area contributed by atoms with Crippen LogP contribution in [-0.4, -0.2) is 47.2 Å². The number of aromatic nitrogens is 2. The molecule has 38 heavy (non-hydrogen) atoms. The van der Waals surface area contributed by atoms with Gasteiger partial charge in [0, 0.05) is 46.7 Å². The molecular weight excluding hydrogens is 545 g/mol. The van der Waals surface area contributed by atoms with Crippen LogP contribution in [-0.2, 0) is 6.61 Å². The molecule has 1 amide bonds. The van der Waals surface area contributed by atoms with Crippen molar-refractivity contribution in [3.05, 3.63) is 101 Å². The summed E-state index contributed by atoms with van der Waals surface area (Å²) in [5, 5.41) is 11.7. The van der Waals surface area contributed by atoms with E-state index in [1.54, 1.807) is 12.3 Å². The molecule has 4 rings (SSSR count). The van der Waals surface area contributed by atoms with Crippen molar-refractivity contribution in [2.45, 2.75) is 6.61 Å². The molecule has 0 saturated carbocycles. The standard InChI is InChI=1S/C28H26Cl3N5O2/c29-13-15-36(16-14-30)23-9-5-20(6-10-23)18-32-35-28(37)27-17-26(33-34-27)21-7-11-24(12-8-21)38-19-22-3-1-2-4-25(22)31/h1-12,17-18H,13-16,19H2,(H,33,34)(H,35,37). The number of rotatable bonds is 12. The van der Waals surface area contributed by atoms with Gasteiger partial charge in [0.1, 0.15) is 18.1 Å². The summed E-state index contributed by atoms with van der Waals surface area (Å²) in [6, 6.07) is 24.4. The molecule has 0 spiro atoms. The van der Waals surface area contributed by atoms with E-state index in [1.165, 1.54) is 0 Å². The zero-order valence-electron chi connectivity index (χ0n) is 20.4. The SMILES string of the molecule is O=C(NN=Cc1ccc(N(CCCl)CCCl)cc1)c1cc(-c2ccc(OCc3ccccc3Cl)cc2)n[nH]1. The van der Waals surface area contributed by atoms with Crippen LogP contribution in [0.4, 0.5) is 5.69 Å². The van der Waals surface area contributed by atoms with Gasteiger partial charge in [-0.1, -0.05) is 41.9 Å². The molecule has 3 aromatic carbocycles. The summed E-state index contributed by atoms with van der Waals surface area (Å²) in [5.41, 5.74) is 7.06. The third-order valence-corrected chi connectivity index (χ3v) is 6.38. The van der Waals surface area contributed by atoms with Gasteiger partial charge in [0.25, 0.3) is 5.91 Å². The first-order chi connectivity index (χ1) is 18.6. The summed E-state index contributed by atoms with van der Waals surface area (Å²) >= 11 is 17.9. The molecule has 2 N–H and O–H groups in total. The fourth-order valence-corrected chi connectivity index (χ4v) is 4.25. The van der Waals surface area contributed by atoms with E-state index in [9.17, 15) is 4.79 Å². The van der Waals surface area contributed by atoms with Gasteiger partial charge in [-0.2, -0.15) is 10.2 Å². The normalized spacial score (nSPS) is 11.0. The van der Waals surface area contributed by atoms with E-state index >= 15 is 0 Å². The number of carbonyl (C=O) groups is 1. The maximum Gasteiger partial charge on any atom is 0.289 e. The van der Waals surface area contributed by atoms with Crippen LogP contribution in [0.2, 0.25) is 5.02 Å². The van der Waals surface area contributed by atoms with Gasteiger partial charge in [-0.05, 0) is 54.1 Å². The van der Waals surface area contributed by atoms with Crippen molar-refractivity contribution >= 4 is 52.6 Å². The van der Waals surface area contributed by atoms with Crippen molar-refractivity contribution in [2.24, 2.45) is 5.10 Å². The molecule has 0 unspecified atom stereocenters. The highest BCUT2D eigenvalue weighted by atomic mass is 35.5. The van der Waals surface area contributed by atoms with Crippen molar-refractivity contribution in [3.63, 3.8) is 0 Å². The maximum absolute atomic E-state index is 12.5. The van der Waals surface area contributed by atoms with E-state index in [0.29, 0.717) is 53.6 Å². The van der Waals surface area contributed by atoms with Gasteiger partial charge in [0.2, 0.25) is 0 Å². The fourth-order valence-electron chi connectivity index (χ4n) is 3.66. The molecule has 0 aliphatic heterocycles. The van der Waals surface area contributed by atoms with Gasteiger partial charge in [-0.25, -0.2) is 5.43 Å². The van der Waals surface area contributed by atoms with E-state index < -0.39 is 5.91 Å². The van der Waals surface area contributed by atoms with Crippen molar-refractivity contribution < 1.29 is 9.53 Å². The Morgan fingerprint density at radius 2 is 1.71 bits per heavy atom. The molecule has 0 saturated heterocycles. The van der Waals surface area contributed by atoms with Gasteiger partial charge in [0.05, 0.1) is 11.9 Å². The number of benzene rings is 3. The lowest BCUT2D eigenvalue weighted by Gasteiger charge is -2.22. The fraction of sp³-hybridized carbons (Fsp3) is 0.179. The van der Waals surface area contributed by atoms with Gasteiger partial charge < -0.3 is 9.64 Å². The predicted octanol–water partition coefficient (Wildman–Crippen LogP) is 6.36. The number of nitrogens with one attached hydrogen (secondary N) is 2. The lowest BCUT2D eigenvalue weighted by atomic mass is 10.1. The van der Waals surface area contributed by atoms with E-state index in [-0.39, 0.29) is 0 Å². The van der Waals surface area contributed by atoms with Crippen LogP contribution in [0.15, 0.2) is 84.0 Å². The number of nitrogens with zero attached hydrogens (tertiary/aromatic N) is 3. The number of anilines is 1. The van der Waals surface area contributed by atoms with E-state index in [0.717, 1.165) is 22.4 Å². The Hall–Kier alpha value is -3.52. The van der Waals surface area contributed by atoms with Crippen LogP contribution in [0, 0.1) is 0 Å². The average molecular weight is 571 g/mol. The molecule has 1 aromatic heterocycles. The molecule has 0 fully saturated rings. The van der Waals surface area contributed by atoms with Crippen LogP contribution in [0.1, 0.15) is 21.6 Å². The van der Waals surface area contributed by atoms with Gasteiger partial charge in [0.15, 0.2) is 0 Å². The molecule has 196 valence electrons. The number of hydrogen-bond donors (Lipinski definition) is 2. The first kappa shape index (κ1) is 27.5. The van der Waals surface area contributed by atoms with Crippen molar-refractivity contribution in [3.8, 4) is 17.0 Å². The largest absolute Gasteiger partial charge is 0.489 e. The minimum atomic E-state index is -0.397. The first-order valence-corrected chi connectivity index (χ1v) is 13.3. The Morgan fingerprint density at radius 3 is 2.39 bits per heavy atom. The van der Waals surface area contributed by atoms with Crippen LogP contribution in [0.5, 0.6) is 5.75 Å². The highest BCUT2D eigenvalue weighted by Crippen LogP contribution is 2.23. The lowest BCUT2D eigenvalue weighted by molar-refractivity contribution is 0.0950. The maximum atomic E-state index is 12.5. The summed E-state index contributed by atoms with van der Waals surface area (Å²) in [6.45, 7) is 1.80. The van der Waals surface area contributed by atoms with Crippen LogP contribution in [0.3, 0.4) is 0 Å². The second-order valence-corrected chi connectivity index (χ2v) is 9.39. The molecule has 0 atom stereocenters. The number of hydrogen-bond acceptors (Lipinski definition) is 5. The third-order valence-electron chi connectivity index (χ3n) is 5.67. The Labute approximate surface area is 236 Å². The Morgan fingerprint density at radius 1 is 1.00 bits per heavy atom. The minimum Gasteiger partial charge on any atom is -0.489 e. The highest BCUT2D eigenvalue weighted by Gasteiger charge is 2.11. The Bertz CT molecular complexity index is 1350. The monoisotopic (exact) mass is 569 g/mol. The zero-order chi connectivity index (χ0) is 26.7. The first-order valence-electron chi connectivity index (χ1n) is 11.9. The molecule has 7 nitrogen and oxygen atoms in total. The van der Waals surface area contributed by atoms with Crippen LogP contribution >= 0.6 is 34.8 Å². The van der Waals surface area contributed by atoms with Crippen LogP contribution in [0.25, 0.3) is 11.3 Å². The second kappa shape index (κ2) is 13.9. The summed E-state index contributed by atoms with van der Waals surface area (Å²) in [7, 11) is 0. The predicted molar refractivity (Wildman–Crippen MR) is 155 cm³/mol. The van der Waals surface area contributed by atoms with Crippen LogP contribution < -0.4 is 15.1 Å². The number of carbonyl (C=O) groups excluding carboxylic acids is 1. The van der Waals surface area contributed by atoms with Gasteiger partial charge in [-0.3, -0.25) is 9.89 Å². The van der Waals surface area contributed by atoms with E-state index in [2.05, 4.69) is 25.6 Å². The summed E-state index contributed by atoms with van der Waals surface area (Å²) < 4.78 is 5.82. The van der Waals surface area contributed by atoms with Crippen molar-refractivity contribution in [1.29, 1.82) is 0 Å². The quantitative estimate of drug-likeness (QED) is 0.118. The summed E-state index contributed by atoms with van der Waals surface area (Å²) in [5.74, 6) is 1.35. The Kier molecular flexibility index (Phi) is 10.0. The minimum absolute atomic E-state index is 0.296. The second-order valence-electron chi connectivity index (χ2n) is 8.23. The molecule has 4 aromatic rings.